The molecular formula is C43HN. The largest absolute Gasteiger partial charge is 0.183 e. The normalized spacial score (nSPS) is 3.86. The predicted molar refractivity (Wildman–Crippen MR) is 170 cm³/mol. The van der Waals surface area contributed by atoms with Crippen LogP contribution in [0.15, 0.2) is 0 Å². The van der Waals surface area contributed by atoms with Gasteiger partial charge < -0.3 is 0 Å². The molecule has 178 valence electrons. The van der Waals surface area contributed by atoms with E-state index in [2.05, 4.69) is 243 Å². The Morgan fingerprint density at radius 2 is 0.295 bits per heavy atom. The molecule has 0 aliphatic rings. The fourth-order valence-electron chi connectivity index (χ4n) is 1.25. The van der Waals surface area contributed by atoms with Crippen molar-refractivity contribution in [3.8, 4) is 255 Å². The van der Waals surface area contributed by atoms with E-state index >= 15 is 0 Å². The second-order valence-electron chi connectivity index (χ2n) is 5.26. The second-order valence-corrected chi connectivity index (χ2v) is 5.26. The third kappa shape index (κ3) is 32.2. The van der Waals surface area contributed by atoms with E-state index in [1.807, 2.05) is 0 Å². The number of hydrogen-bond acceptors (Lipinski definition) is 1. The van der Waals surface area contributed by atoms with Crippen LogP contribution >= 0.6 is 0 Å². The van der Waals surface area contributed by atoms with Crippen molar-refractivity contribution in [2.24, 2.45) is 0 Å². The molecule has 0 bridgehead atoms. The van der Waals surface area contributed by atoms with Gasteiger partial charge in [-0.3, -0.25) is 0 Å². The molecule has 0 aromatic rings. The molecule has 0 unspecified atom stereocenters. The van der Waals surface area contributed by atoms with Crippen LogP contribution in [-0.4, -0.2) is 0 Å². The first kappa shape index (κ1) is 34.2. The van der Waals surface area contributed by atoms with Gasteiger partial charge >= 0.3 is 0 Å². The molecule has 0 heterocycles. The number of hydrogen-bond donors (Lipinski definition) is 0. The summed E-state index contributed by atoms with van der Waals surface area (Å²) >= 11 is 0. The van der Waals surface area contributed by atoms with Gasteiger partial charge in [0.1, 0.15) is 0 Å². The average molecular weight is 531 g/mol. The lowest BCUT2D eigenvalue weighted by atomic mass is 10.4. The highest BCUT2D eigenvalue weighted by molar-refractivity contribution is 5.50. The fourth-order valence-corrected chi connectivity index (χ4v) is 1.25. The van der Waals surface area contributed by atoms with Crippen molar-refractivity contribution in [1.82, 2.24) is 0 Å². The minimum absolute atomic E-state index is 1.62. The first-order chi connectivity index (χ1) is 21.9. The fraction of sp³-hybridized carbons (Fsp3) is 0. The number of terminal acetylenes is 1. The summed E-state index contributed by atoms with van der Waals surface area (Å²) < 4.78 is 0. The smallest absolute Gasteiger partial charge is 0.153 e. The summed E-state index contributed by atoms with van der Waals surface area (Å²) in [5.41, 5.74) is 0. The molecule has 0 aliphatic carbocycles. The van der Waals surface area contributed by atoms with Gasteiger partial charge in [0, 0.05) is 195 Å². The number of nitriles is 1. The van der Waals surface area contributed by atoms with Crippen LogP contribution in [0.5, 0.6) is 0 Å². The molecule has 0 aliphatic heterocycles. The van der Waals surface area contributed by atoms with Crippen LogP contribution in [0.25, 0.3) is 0 Å². The summed E-state index contributed by atoms with van der Waals surface area (Å²) in [5.74, 6) is 100. The van der Waals surface area contributed by atoms with E-state index in [9.17, 15) is 0 Å². The van der Waals surface area contributed by atoms with Crippen molar-refractivity contribution < 1.29 is 0 Å². The highest BCUT2D eigenvalue weighted by Crippen LogP contribution is 1.61. The monoisotopic (exact) mass is 531 g/mol. The van der Waals surface area contributed by atoms with Gasteiger partial charge in [-0.25, -0.2) is 0 Å². The molecule has 0 saturated heterocycles. The zero-order valence-electron chi connectivity index (χ0n) is 22.0. The van der Waals surface area contributed by atoms with Gasteiger partial charge in [0.05, 0.1) is 0 Å². The van der Waals surface area contributed by atoms with Crippen LogP contribution in [0.3, 0.4) is 0 Å². The Bertz CT molecular complexity index is 2420. The van der Waals surface area contributed by atoms with E-state index in [-0.39, 0.29) is 0 Å². The summed E-state index contributed by atoms with van der Waals surface area (Å²) in [6.07, 6.45) is 4.93. The molecule has 0 radical (unpaired) electrons. The highest BCUT2D eigenvalue weighted by atomic mass is 14.2. The van der Waals surface area contributed by atoms with E-state index < -0.39 is 0 Å². The molecule has 0 aromatic heterocycles. The Kier molecular flexibility index (Phi) is 25.9. The Hall–Kier alpha value is -9.75. The van der Waals surface area contributed by atoms with Crippen LogP contribution in [0.1, 0.15) is 0 Å². The van der Waals surface area contributed by atoms with E-state index in [1.54, 1.807) is 6.07 Å². The minimum atomic E-state index is 1.62. The minimum Gasteiger partial charge on any atom is -0.183 e. The summed E-state index contributed by atoms with van der Waals surface area (Å²) in [7, 11) is 0. The second kappa shape index (κ2) is 33.2. The molecule has 0 amide bonds. The van der Waals surface area contributed by atoms with E-state index in [0.29, 0.717) is 0 Å². The van der Waals surface area contributed by atoms with Crippen molar-refractivity contribution in [2.45, 2.75) is 0 Å². The third-order valence-corrected chi connectivity index (χ3v) is 2.57. The molecule has 0 spiro atoms. The topological polar surface area (TPSA) is 23.8 Å². The number of rotatable bonds is 0. The zero-order chi connectivity index (χ0) is 31.7. The van der Waals surface area contributed by atoms with Gasteiger partial charge in [0.25, 0.3) is 0 Å². The summed E-state index contributed by atoms with van der Waals surface area (Å²) in [4.78, 5) is 0. The molecule has 0 atom stereocenters. The molecule has 0 saturated carbocycles. The maximum Gasteiger partial charge on any atom is 0.153 e. The molecule has 0 fully saturated rings. The Balaban J connectivity index is 4.54. The Morgan fingerprint density at radius 3 is 0.409 bits per heavy atom. The van der Waals surface area contributed by atoms with Crippen LogP contribution in [-0.2, 0) is 0 Å². The SMILES string of the molecule is C#CC#CC#CC#CC#CC#CC#CC#CC#CC#CC#CC#CC#CC#CC#CC#CC#CC#CC#CC#CC#CC#N. The molecule has 1 heteroatoms. The van der Waals surface area contributed by atoms with Gasteiger partial charge in [-0.05, 0) is 47.4 Å². The molecule has 0 aromatic carbocycles. The lowest BCUT2D eigenvalue weighted by molar-refractivity contribution is 1.55. The van der Waals surface area contributed by atoms with Crippen LogP contribution in [0.2, 0.25) is 0 Å². The van der Waals surface area contributed by atoms with Gasteiger partial charge in [0.15, 0.2) is 6.07 Å². The van der Waals surface area contributed by atoms with E-state index in [4.69, 9.17) is 11.7 Å². The van der Waals surface area contributed by atoms with E-state index in [1.165, 1.54) is 0 Å². The zero-order valence-corrected chi connectivity index (χ0v) is 22.0. The maximum absolute atomic E-state index is 8.18. The van der Waals surface area contributed by atoms with Crippen LogP contribution < -0.4 is 0 Å². The number of nitrogens with zero attached hydrogens (tertiary/aromatic N) is 1. The molecular weight excluding hydrogens is 530 g/mol. The van der Waals surface area contributed by atoms with Crippen LogP contribution in [0.4, 0.5) is 0 Å². The molecule has 0 rings (SSSR count). The van der Waals surface area contributed by atoms with Crippen LogP contribution in [0, 0.1) is 260 Å². The van der Waals surface area contributed by atoms with Gasteiger partial charge in [-0.15, -0.1) is 6.42 Å². The van der Waals surface area contributed by atoms with Gasteiger partial charge in [-0.1, -0.05) is 0 Å². The summed E-state index contributed by atoms with van der Waals surface area (Å²) in [6, 6.07) is 1.62. The van der Waals surface area contributed by atoms with Gasteiger partial charge in [-0.2, -0.15) is 5.26 Å². The Morgan fingerprint density at radius 1 is 0.182 bits per heavy atom. The van der Waals surface area contributed by atoms with Gasteiger partial charge in [0.2, 0.25) is 0 Å². The maximum atomic E-state index is 8.18. The molecule has 44 heavy (non-hydrogen) atoms. The lowest BCUT2D eigenvalue weighted by Crippen LogP contribution is -1.57. The first-order valence-corrected chi connectivity index (χ1v) is 10.8. The predicted octanol–water partition coefficient (Wildman–Crippen LogP) is 0.211. The highest BCUT2D eigenvalue weighted by Gasteiger charge is 1.61. The van der Waals surface area contributed by atoms with Crippen molar-refractivity contribution >= 4 is 0 Å². The van der Waals surface area contributed by atoms with Crippen molar-refractivity contribution in [3.05, 3.63) is 0 Å². The van der Waals surface area contributed by atoms with Crippen molar-refractivity contribution in [3.63, 3.8) is 0 Å². The molecule has 1 nitrogen and oxygen atoms in total. The summed E-state index contributed by atoms with van der Waals surface area (Å²) in [5, 5.41) is 8.18. The van der Waals surface area contributed by atoms with Crippen molar-refractivity contribution in [2.75, 3.05) is 0 Å². The first-order valence-electron chi connectivity index (χ1n) is 10.8. The average Bonchev–Trinajstić information content (AvgIpc) is 3.04. The van der Waals surface area contributed by atoms with E-state index in [0.717, 1.165) is 0 Å². The lowest BCUT2D eigenvalue weighted by Gasteiger charge is -1.57. The standard InChI is InChI=1S/C43HN/c1-2-3-4-5-6-7-8-9-10-11-12-13-14-15-16-17-18-19-20-21-22-23-24-25-26-27-28-29-30-31-32-33-34-35-36-37-38-39-40-41-42-43-44/h1H. The van der Waals surface area contributed by atoms with Crippen molar-refractivity contribution in [1.29, 1.82) is 5.26 Å². The quantitative estimate of drug-likeness (QED) is 0.411. The third-order valence-electron chi connectivity index (χ3n) is 2.57. The molecule has 0 N–H and O–H groups in total. The Labute approximate surface area is 259 Å². The summed E-state index contributed by atoms with van der Waals surface area (Å²) in [6.45, 7) is 0.